The van der Waals surface area contributed by atoms with Gasteiger partial charge in [-0.15, -0.1) is 0 Å². The molecule has 3 heteroatoms. The number of rotatable bonds is 3. The zero-order valence-corrected chi connectivity index (χ0v) is 9.86. The summed E-state index contributed by atoms with van der Waals surface area (Å²) in [6.45, 7) is 4.34. The first-order valence-corrected chi connectivity index (χ1v) is 5.82. The maximum Gasteiger partial charge on any atom is 0.220 e. The predicted molar refractivity (Wildman–Crippen MR) is 62.9 cm³/mol. The molecule has 2 rings (SSSR count). The molecule has 0 aliphatic carbocycles. The van der Waals surface area contributed by atoms with E-state index >= 15 is 0 Å². The highest BCUT2D eigenvalue weighted by atomic mass is 16.2. The van der Waals surface area contributed by atoms with Gasteiger partial charge in [-0.3, -0.25) is 9.78 Å². The lowest BCUT2D eigenvalue weighted by Crippen LogP contribution is -2.48. The molecule has 3 nitrogen and oxygen atoms in total. The Morgan fingerprint density at radius 1 is 1.56 bits per heavy atom. The van der Waals surface area contributed by atoms with Crippen molar-refractivity contribution in [2.24, 2.45) is 5.92 Å². The van der Waals surface area contributed by atoms with E-state index in [4.69, 9.17) is 0 Å². The second kappa shape index (κ2) is 4.24. The molecule has 0 spiro atoms. The van der Waals surface area contributed by atoms with Crippen LogP contribution in [0.5, 0.6) is 0 Å². The molecule has 1 unspecified atom stereocenters. The molecule has 86 valence electrons. The summed E-state index contributed by atoms with van der Waals surface area (Å²) in [6, 6.07) is 4.02. The highest BCUT2D eigenvalue weighted by Crippen LogP contribution is 2.31. The van der Waals surface area contributed by atoms with Crippen molar-refractivity contribution in [1.82, 2.24) is 10.3 Å². The number of nitrogens with zero attached hydrogens (tertiary/aromatic N) is 1. The van der Waals surface area contributed by atoms with Gasteiger partial charge < -0.3 is 5.32 Å². The second-order valence-corrected chi connectivity index (χ2v) is 4.90. The molecule has 1 aromatic rings. The summed E-state index contributed by atoms with van der Waals surface area (Å²) in [5, 5.41) is 3.15. The van der Waals surface area contributed by atoms with E-state index in [2.05, 4.69) is 30.2 Å². The lowest BCUT2D eigenvalue weighted by Gasteiger charge is -2.33. The minimum Gasteiger partial charge on any atom is -0.350 e. The maximum atomic E-state index is 11.4. The van der Waals surface area contributed by atoms with E-state index in [1.807, 2.05) is 12.3 Å². The maximum absolute atomic E-state index is 11.4. The van der Waals surface area contributed by atoms with Crippen LogP contribution in [0.4, 0.5) is 0 Å². The van der Waals surface area contributed by atoms with Gasteiger partial charge in [-0.1, -0.05) is 19.9 Å². The summed E-state index contributed by atoms with van der Waals surface area (Å²) in [4.78, 5) is 15.6. The average molecular weight is 218 g/mol. The van der Waals surface area contributed by atoms with E-state index in [1.165, 1.54) is 5.56 Å². The Balaban J connectivity index is 2.19. The van der Waals surface area contributed by atoms with E-state index in [1.54, 1.807) is 6.20 Å². The molecule has 1 aliphatic rings. The number of aromatic nitrogens is 1. The molecule has 0 bridgehead atoms. The average Bonchev–Trinajstić information content (AvgIpc) is 2.63. The van der Waals surface area contributed by atoms with Gasteiger partial charge in [0.2, 0.25) is 5.91 Å². The monoisotopic (exact) mass is 218 g/mol. The van der Waals surface area contributed by atoms with Crippen LogP contribution in [0.2, 0.25) is 0 Å². The van der Waals surface area contributed by atoms with E-state index in [0.29, 0.717) is 12.3 Å². The quantitative estimate of drug-likeness (QED) is 0.842. The van der Waals surface area contributed by atoms with E-state index in [-0.39, 0.29) is 11.4 Å². The number of hydrogen-bond acceptors (Lipinski definition) is 2. The molecular formula is C13H18N2O. The van der Waals surface area contributed by atoms with Crippen LogP contribution in [0.3, 0.4) is 0 Å². The topological polar surface area (TPSA) is 42.0 Å². The van der Waals surface area contributed by atoms with Crippen LogP contribution in [-0.2, 0) is 11.2 Å². The van der Waals surface area contributed by atoms with Gasteiger partial charge in [0.1, 0.15) is 0 Å². The van der Waals surface area contributed by atoms with Gasteiger partial charge >= 0.3 is 0 Å². The van der Waals surface area contributed by atoms with Crippen LogP contribution < -0.4 is 5.32 Å². The molecule has 16 heavy (non-hydrogen) atoms. The smallest absolute Gasteiger partial charge is 0.220 e. The number of amides is 1. The predicted octanol–water partition coefficient (Wildman–Crippen LogP) is 1.93. The van der Waals surface area contributed by atoms with Crippen LogP contribution in [-0.4, -0.2) is 16.4 Å². The van der Waals surface area contributed by atoms with Crippen LogP contribution in [0, 0.1) is 5.92 Å². The van der Waals surface area contributed by atoms with Crippen molar-refractivity contribution in [3.63, 3.8) is 0 Å². The second-order valence-electron chi connectivity index (χ2n) is 4.90. The van der Waals surface area contributed by atoms with E-state index in [0.717, 1.165) is 12.8 Å². The van der Waals surface area contributed by atoms with E-state index in [9.17, 15) is 4.79 Å². The molecule has 1 N–H and O–H groups in total. The van der Waals surface area contributed by atoms with Crippen molar-refractivity contribution in [3.8, 4) is 0 Å². The molecule has 1 atom stereocenters. The lowest BCUT2D eigenvalue weighted by atomic mass is 9.80. The Morgan fingerprint density at radius 3 is 2.88 bits per heavy atom. The van der Waals surface area contributed by atoms with Gasteiger partial charge in [0.15, 0.2) is 0 Å². The molecule has 0 saturated carbocycles. The van der Waals surface area contributed by atoms with Crippen molar-refractivity contribution in [2.45, 2.75) is 38.6 Å². The van der Waals surface area contributed by atoms with Crippen molar-refractivity contribution in [1.29, 1.82) is 0 Å². The first-order valence-electron chi connectivity index (χ1n) is 5.82. The molecule has 1 saturated heterocycles. The number of hydrogen-bond donors (Lipinski definition) is 1. The molecule has 0 radical (unpaired) electrons. The Kier molecular flexibility index (Phi) is 2.95. The minimum absolute atomic E-state index is 0.0693. The third kappa shape index (κ3) is 2.08. The molecule has 1 fully saturated rings. The molecule has 1 amide bonds. The fraction of sp³-hybridized carbons (Fsp3) is 0.538. The zero-order valence-electron chi connectivity index (χ0n) is 9.86. The Hall–Kier alpha value is -1.38. The normalized spacial score (nSPS) is 24.8. The fourth-order valence-corrected chi connectivity index (χ4v) is 2.38. The highest BCUT2D eigenvalue weighted by molar-refractivity contribution is 5.79. The van der Waals surface area contributed by atoms with Crippen molar-refractivity contribution >= 4 is 5.91 Å². The van der Waals surface area contributed by atoms with Gasteiger partial charge in [-0.05, 0) is 30.4 Å². The van der Waals surface area contributed by atoms with Gasteiger partial charge in [-0.2, -0.15) is 0 Å². The molecule has 1 aliphatic heterocycles. The van der Waals surface area contributed by atoms with Gasteiger partial charge in [0, 0.05) is 24.4 Å². The molecule has 2 heterocycles. The van der Waals surface area contributed by atoms with Crippen molar-refractivity contribution < 1.29 is 4.79 Å². The summed E-state index contributed by atoms with van der Waals surface area (Å²) in [6.07, 6.45) is 6.12. The third-order valence-electron chi connectivity index (χ3n) is 3.53. The number of carbonyl (C=O) groups is 1. The fourth-order valence-electron chi connectivity index (χ4n) is 2.38. The van der Waals surface area contributed by atoms with Crippen LogP contribution in [0.25, 0.3) is 0 Å². The number of nitrogens with one attached hydrogen (secondary N) is 1. The zero-order chi connectivity index (χ0) is 11.6. The Morgan fingerprint density at radius 2 is 2.38 bits per heavy atom. The molecule has 0 aromatic carbocycles. The van der Waals surface area contributed by atoms with E-state index < -0.39 is 0 Å². The Labute approximate surface area is 96.3 Å². The van der Waals surface area contributed by atoms with Gasteiger partial charge in [0.25, 0.3) is 0 Å². The van der Waals surface area contributed by atoms with Gasteiger partial charge in [0.05, 0.1) is 0 Å². The van der Waals surface area contributed by atoms with Crippen LogP contribution >= 0.6 is 0 Å². The summed E-state index contributed by atoms with van der Waals surface area (Å²) in [7, 11) is 0. The first kappa shape index (κ1) is 11.1. The SMILES string of the molecule is CC(C)C1(Cc2cccnc2)CCC(=O)N1. The summed E-state index contributed by atoms with van der Waals surface area (Å²) >= 11 is 0. The Bertz CT molecular complexity index is 375. The minimum atomic E-state index is -0.0693. The van der Waals surface area contributed by atoms with Crippen LogP contribution in [0.1, 0.15) is 32.3 Å². The summed E-state index contributed by atoms with van der Waals surface area (Å²) in [5.74, 6) is 0.622. The molecular weight excluding hydrogens is 200 g/mol. The number of pyridine rings is 1. The third-order valence-corrected chi connectivity index (χ3v) is 3.53. The van der Waals surface area contributed by atoms with Crippen LogP contribution in [0.15, 0.2) is 24.5 Å². The summed E-state index contributed by atoms with van der Waals surface area (Å²) < 4.78 is 0. The number of carbonyl (C=O) groups excluding carboxylic acids is 1. The molecule has 1 aromatic heterocycles. The standard InChI is InChI=1S/C13H18N2O/c1-10(2)13(6-5-12(16)15-13)8-11-4-3-7-14-9-11/h3-4,7,9-10H,5-6,8H2,1-2H3,(H,15,16). The van der Waals surface area contributed by atoms with Crippen molar-refractivity contribution in [2.75, 3.05) is 0 Å². The van der Waals surface area contributed by atoms with Gasteiger partial charge in [-0.25, -0.2) is 0 Å². The highest BCUT2D eigenvalue weighted by Gasteiger charge is 2.40. The largest absolute Gasteiger partial charge is 0.350 e. The van der Waals surface area contributed by atoms with Crippen molar-refractivity contribution in [3.05, 3.63) is 30.1 Å². The summed E-state index contributed by atoms with van der Waals surface area (Å²) in [5.41, 5.74) is 1.12. The first-order chi connectivity index (χ1) is 7.62. The lowest BCUT2D eigenvalue weighted by molar-refractivity contribution is -0.120.